The quantitative estimate of drug-likeness (QED) is 0.268. The number of carbonyl (C=O) groups excluding carboxylic acids is 1. The molecule has 1 atom stereocenters. The Bertz CT molecular complexity index is 591. The zero-order valence-electron chi connectivity index (χ0n) is 15.9. The predicted molar refractivity (Wildman–Crippen MR) is 107 cm³/mol. The number of aliphatic hydroxyl groups is 2. The molecule has 26 heavy (non-hydrogen) atoms. The molecule has 1 aromatic heterocycles. The molecular formula is C20H32N2O3S. The SMILES string of the molecule is CCCCCCCCCC#Cc1ccc(C(O)(CCO)NC(=O)NC)s1. The Balaban J connectivity index is 2.49. The fraction of sp³-hybridized carbons (Fsp3) is 0.650. The largest absolute Gasteiger partial charge is 0.396 e. The van der Waals surface area contributed by atoms with Crippen molar-refractivity contribution in [3.63, 3.8) is 0 Å². The van der Waals surface area contributed by atoms with Gasteiger partial charge in [-0.1, -0.05) is 57.3 Å². The number of aliphatic hydroxyl groups excluding tert-OH is 1. The summed E-state index contributed by atoms with van der Waals surface area (Å²) in [6.45, 7) is 1.99. The third kappa shape index (κ3) is 8.22. The number of rotatable bonds is 11. The van der Waals surface area contributed by atoms with E-state index in [0.717, 1.165) is 17.7 Å². The number of amides is 2. The Hall–Kier alpha value is -1.55. The maximum absolute atomic E-state index is 11.6. The first-order valence-electron chi connectivity index (χ1n) is 9.48. The van der Waals surface area contributed by atoms with E-state index in [0.29, 0.717) is 4.88 Å². The molecule has 0 bridgehead atoms. The van der Waals surface area contributed by atoms with Gasteiger partial charge in [-0.2, -0.15) is 0 Å². The Morgan fingerprint density at radius 1 is 1.19 bits per heavy atom. The molecule has 0 radical (unpaired) electrons. The fourth-order valence-corrected chi connectivity index (χ4v) is 3.56. The van der Waals surface area contributed by atoms with Crippen LogP contribution < -0.4 is 10.6 Å². The van der Waals surface area contributed by atoms with Crippen LogP contribution in [0.25, 0.3) is 0 Å². The van der Waals surface area contributed by atoms with Gasteiger partial charge in [-0.05, 0) is 18.6 Å². The van der Waals surface area contributed by atoms with Crippen LogP contribution in [-0.2, 0) is 5.72 Å². The van der Waals surface area contributed by atoms with Crippen LogP contribution in [0, 0.1) is 11.8 Å². The lowest BCUT2D eigenvalue weighted by Crippen LogP contribution is -2.49. The van der Waals surface area contributed by atoms with Crippen LogP contribution in [0.5, 0.6) is 0 Å². The number of urea groups is 1. The lowest BCUT2D eigenvalue weighted by Gasteiger charge is -2.27. The molecule has 146 valence electrons. The zero-order chi connectivity index (χ0) is 19.3. The molecule has 0 spiro atoms. The van der Waals surface area contributed by atoms with Crippen molar-refractivity contribution in [2.45, 2.75) is 70.4 Å². The van der Waals surface area contributed by atoms with Crippen molar-refractivity contribution in [3.05, 3.63) is 21.9 Å². The topological polar surface area (TPSA) is 81.6 Å². The summed E-state index contributed by atoms with van der Waals surface area (Å²) in [5, 5.41) is 24.7. The first kappa shape index (κ1) is 22.5. The molecule has 0 aromatic carbocycles. The third-order valence-electron chi connectivity index (χ3n) is 4.15. The Kier molecular flexibility index (Phi) is 11.0. The lowest BCUT2D eigenvalue weighted by molar-refractivity contribution is -0.00642. The Labute approximate surface area is 161 Å². The lowest BCUT2D eigenvalue weighted by atomic mass is 10.1. The van der Waals surface area contributed by atoms with E-state index in [2.05, 4.69) is 29.4 Å². The van der Waals surface area contributed by atoms with Gasteiger partial charge in [0.05, 0.1) is 9.75 Å². The zero-order valence-corrected chi connectivity index (χ0v) is 16.8. The maximum atomic E-state index is 11.6. The minimum absolute atomic E-state index is 0.0197. The standard InChI is InChI=1S/C20H32N2O3S/c1-3-4-5-6-7-8-9-10-11-12-17-13-14-18(26-17)20(25,15-16-23)22-19(24)21-2/h13-14,23,25H,3-10,15-16H2,1-2H3,(H2,21,22,24). The maximum Gasteiger partial charge on any atom is 0.317 e. The van der Waals surface area contributed by atoms with Gasteiger partial charge in [0.2, 0.25) is 0 Å². The van der Waals surface area contributed by atoms with Crippen molar-refractivity contribution in [3.8, 4) is 11.8 Å². The van der Waals surface area contributed by atoms with Crippen LogP contribution in [0.3, 0.4) is 0 Å². The van der Waals surface area contributed by atoms with Gasteiger partial charge in [-0.3, -0.25) is 0 Å². The highest BCUT2D eigenvalue weighted by Crippen LogP contribution is 2.29. The second-order valence-electron chi connectivity index (χ2n) is 6.37. The van der Waals surface area contributed by atoms with E-state index in [-0.39, 0.29) is 13.0 Å². The summed E-state index contributed by atoms with van der Waals surface area (Å²) in [6, 6.07) is 3.08. The summed E-state index contributed by atoms with van der Waals surface area (Å²) in [5.41, 5.74) is -1.59. The van der Waals surface area contributed by atoms with Crippen LogP contribution in [0.2, 0.25) is 0 Å². The number of hydrogen-bond acceptors (Lipinski definition) is 4. The van der Waals surface area contributed by atoms with E-state index in [1.54, 1.807) is 6.07 Å². The minimum atomic E-state index is -1.59. The van der Waals surface area contributed by atoms with Crippen molar-refractivity contribution in [1.29, 1.82) is 0 Å². The van der Waals surface area contributed by atoms with E-state index < -0.39 is 11.8 Å². The van der Waals surface area contributed by atoms with Crippen LogP contribution in [-0.4, -0.2) is 29.9 Å². The highest BCUT2D eigenvalue weighted by molar-refractivity contribution is 7.12. The number of unbranched alkanes of at least 4 members (excludes halogenated alkanes) is 7. The molecule has 4 N–H and O–H groups in total. The third-order valence-corrected chi connectivity index (χ3v) is 5.30. The average molecular weight is 381 g/mol. The van der Waals surface area contributed by atoms with E-state index in [1.807, 2.05) is 6.07 Å². The Morgan fingerprint density at radius 2 is 1.88 bits per heavy atom. The van der Waals surface area contributed by atoms with Crippen LogP contribution in [0.4, 0.5) is 4.79 Å². The number of thiophene rings is 1. The number of carbonyl (C=O) groups is 1. The van der Waals surface area contributed by atoms with Crippen molar-refractivity contribution in [1.82, 2.24) is 10.6 Å². The predicted octanol–water partition coefficient (Wildman–Crippen LogP) is 3.70. The molecule has 1 rings (SSSR count). The highest BCUT2D eigenvalue weighted by atomic mass is 32.1. The number of hydrogen-bond donors (Lipinski definition) is 4. The minimum Gasteiger partial charge on any atom is -0.396 e. The summed E-state index contributed by atoms with van der Waals surface area (Å²) in [5.74, 6) is 6.31. The summed E-state index contributed by atoms with van der Waals surface area (Å²) < 4.78 is 0. The van der Waals surface area contributed by atoms with Gasteiger partial charge in [0.25, 0.3) is 0 Å². The molecule has 6 heteroatoms. The van der Waals surface area contributed by atoms with Crippen molar-refractivity contribution >= 4 is 17.4 Å². The van der Waals surface area contributed by atoms with Crippen molar-refractivity contribution in [2.75, 3.05) is 13.7 Å². The van der Waals surface area contributed by atoms with Gasteiger partial charge in [0, 0.05) is 26.5 Å². The normalized spacial score (nSPS) is 12.8. The second-order valence-corrected chi connectivity index (χ2v) is 7.46. The molecule has 0 aliphatic carbocycles. The first-order valence-corrected chi connectivity index (χ1v) is 10.3. The van der Waals surface area contributed by atoms with E-state index in [4.69, 9.17) is 0 Å². The molecule has 1 unspecified atom stereocenters. The summed E-state index contributed by atoms with van der Waals surface area (Å²) in [4.78, 5) is 13.0. The highest BCUT2D eigenvalue weighted by Gasteiger charge is 2.32. The summed E-state index contributed by atoms with van der Waals surface area (Å²) >= 11 is 1.33. The van der Waals surface area contributed by atoms with Gasteiger partial charge in [0.15, 0.2) is 5.72 Å². The van der Waals surface area contributed by atoms with Crippen molar-refractivity contribution in [2.24, 2.45) is 0 Å². The van der Waals surface area contributed by atoms with Crippen LogP contribution >= 0.6 is 11.3 Å². The Morgan fingerprint density at radius 3 is 2.54 bits per heavy atom. The van der Waals surface area contributed by atoms with Crippen LogP contribution in [0.15, 0.2) is 12.1 Å². The molecule has 0 aliphatic rings. The van der Waals surface area contributed by atoms with Gasteiger partial charge < -0.3 is 20.8 Å². The van der Waals surface area contributed by atoms with E-state index in [9.17, 15) is 15.0 Å². The van der Waals surface area contributed by atoms with Gasteiger partial charge >= 0.3 is 6.03 Å². The van der Waals surface area contributed by atoms with E-state index >= 15 is 0 Å². The average Bonchev–Trinajstić information content (AvgIpc) is 3.10. The molecular weight excluding hydrogens is 348 g/mol. The molecule has 2 amide bonds. The van der Waals surface area contributed by atoms with Gasteiger partial charge in [0.1, 0.15) is 0 Å². The molecule has 1 heterocycles. The summed E-state index contributed by atoms with van der Waals surface area (Å²) in [7, 11) is 1.48. The second kappa shape index (κ2) is 12.7. The van der Waals surface area contributed by atoms with Crippen LogP contribution in [0.1, 0.15) is 74.5 Å². The molecule has 5 nitrogen and oxygen atoms in total. The number of nitrogens with one attached hydrogen (secondary N) is 2. The van der Waals surface area contributed by atoms with Crippen molar-refractivity contribution < 1.29 is 15.0 Å². The van der Waals surface area contributed by atoms with Gasteiger partial charge in [-0.25, -0.2) is 4.79 Å². The fourth-order valence-electron chi connectivity index (χ4n) is 2.61. The smallest absolute Gasteiger partial charge is 0.317 e. The molecule has 0 aliphatic heterocycles. The van der Waals surface area contributed by atoms with E-state index in [1.165, 1.54) is 56.9 Å². The summed E-state index contributed by atoms with van der Waals surface area (Å²) in [6.07, 6.45) is 9.77. The first-order chi connectivity index (χ1) is 12.6. The van der Waals surface area contributed by atoms with Gasteiger partial charge in [-0.15, -0.1) is 11.3 Å². The molecule has 0 saturated carbocycles. The molecule has 0 saturated heterocycles. The molecule has 0 fully saturated rings. The molecule has 1 aromatic rings. The monoisotopic (exact) mass is 380 g/mol.